The molecule has 0 aromatic heterocycles. The van der Waals surface area contributed by atoms with Gasteiger partial charge in [0.1, 0.15) is 0 Å². The number of rotatable bonds is 5. The number of aliphatic hydroxyl groups is 1. The molecule has 0 radical (unpaired) electrons. The molecule has 1 aromatic carbocycles. The minimum absolute atomic E-state index is 0.0729. The molecule has 1 N–H and O–H groups in total. The van der Waals surface area contributed by atoms with Crippen molar-refractivity contribution in [3.63, 3.8) is 0 Å². The second-order valence-electron chi connectivity index (χ2n) is 6.03. The molecular formula is C17H23NO2. The Morgan fingerprint density at radius 3 is 2.80 bits per heavy atom. The van der Waals surface area contributed by atoms with Crippen LogP contribution in [0, 0.1) is 0 Å². The van der Waals surface area contributed by atoms with E-state index in [1.807, 2.05) is 4.90 Å². The average molecular weight is 273 g/mol. The quantitative estimate of drug-likeness (QED) is 0.895. The zero-order valence-corrected chi connectivity index (χ0v) is 11.9. The molecule has 0 aliphatic heterocycles. The normalized spacial score (nSPS) is 21.4. The minimum Gasteiger partial charge on any atom is -0.395 e. The third-order valence-electron chi connectivity index (χ3n) is 4.56. The molecule has 1 fully saturated rings. The molecule has 3 nitrogen and oxygen atoms in total. The van der Waals surface area contributed by atoms with Crippen LogP contribution in [0.25, 0.3) is 0 Å². The van der Waals surface area contributed by atoms with E-state index >= 15 is 0 Å². The van der Waals surface area contributed by atoms with Gasteiger partial charge in [0.2, 0.25) is 5.91 Å². The Hall–Kier alpha value is -1.35. The van der Waals surface area contributed by atoms with E-state index < -0.39 is 0 Å². The first kappa shape index (κ1) is 13.6. The second-order valence-corrected chi connectivity index (χ2v) is 6.03. The van der Waals surface area contributed by atoms with Crippen LogP contribution in [0.2, 0.25) is 0 Å². The van der Waals surface area contributed by atoms with Gasteiger partial charge >= 0.3 is 0 Å². The zero-order chi connectivity index (χ0) is 13.9. The van der Waals surface area contributed by atoms with Crippen LogP contribution in [0.4, 0.5) is 0 Å². The van der Waals surface area contributed by atoms with Gasteiger partial charge in [-0.2, -0.15) is 0 Å². The van der Waals surface area contributed by atoms with Gasteiger partial charge in [-0.3, -0.25) is 4.79 Å². The molecule has 0 bridgehead atoms. The summed E-state index contributed by atoms with van der Waals surface area (Å²) in [5.74, 6) is 0.593. The molecule has 1 amide bonds. The number of nitrogens with zero attached hydrogens (tertiary/aromatic N) is 1. The number of aliphatic hydroxyl groups excluding tert-OH is 1. The first-order valence-electron chi connectivity index (χ1n) is 7.77. The maximum absolute atomic E-state index is 12.5. The summed E-state index contributed by atoms with van der Waals surface area (Å²) < 4.78 is 0. The van der Waals surface area contributed by atoms with Gasteiger partial charge < -0.3 is 10.0 Å². The molecule has 1 unspecified atom stereocenters. The summed E-state index contributed by atoms with van der Waals surface area (Å²) in [6, 6.07) is 8.94. The average Bonchev–Trinajstić information content (AvgIpc) is 3.29. The van der Waals surface area contributed by atoms with Crippen molar-refractivity contribution >= 4 is 5.91 Å². The first-order valence-corrected chi connectivity index (χ1v) is 7.77. The summed E-state index contributed by atoms with van der Waals surface area (Å²) in [6.07, 6.45) is 6.25. The van der Waals surface area contributed by atoms with Crippen LogP contribution in [0.15, 0.2) is 24.3 Å². The lowest BCUT2D eigenvalue weighted by Gasteiger charge is -2.28. The van der Waals surface area contributed by atoms with Crippen LogP contribution in [0.5, 0.6) is 0 Å². The lowest BCUT2D eigenvalue weighted by atomic mass is 9.81. The topological polar surface area (TPSA) is 40.5 Å². The molecule has 2 aliphatic rings. The Kier molecular flexibility index (Phi) is 4.06. The van der Waals surface area contributed by atoms with Crippen molar-refractivity contribution in [3.05, 3.63) is 35.4 Å². The van der Waals surface area contributed by atoms with Crippen LogP contribution in [0.3, 0.4) is 0 Å². The smallest absolute Gasteiger partial charge is 0.223 e. The largest absolute Gasteiger partial charge is 0.395 e. The summed E-state index contributed by atoms with van der Waals surface area (Å²) in [4.78, 5) is 14.4. The molecule has 1 aromatic rings. The lowest BCUT2D eigenvalue weighted by Crippen LogP contribution is -2.36. The maximum atomic E-state index is 12.5. The lowest BCUT2D eigenvalue weighted by molar-refractivity contribution is -0.132. The van der Waals surface area contributed by atoms with Gasteiger partial charge in [-0.05, 0) is 49.1 Å². The Labute approximate surface area is 120 Å². The van der Waals surface area contributed by atoms with Crippen molar-refractivity contribution in [2.75, 3.05) is 13.2 Å². The Morgan fingerprint density at radius 1 is 1.25 bits per heavy atom. The van der Waals surface area contributed by atoms with E-state index in [0.717, 1.165) is 25.7 Å². The fourth-order valence-corrected chi connectivity index (χ4v) is 3.40. The van der Waals surface area contributed by atoms with E-state index in [4.69, 9.17) is 5.11 Å². The van der Waals surface area contributed by atoms with Crippen LogP contribution in [-0.2, 0) is 11.2 Å². The van der Waals surface area contributed by atoms with Gasteiger partial charge in [0.05, 0.1) is 6.61 Å². The number of benzene rings is 1. The zero-order valence-electron chi connectivity index (χ0n) is 11.9. The monoisotopic (exact) mass is 273 g/mol. The molecule has 1 saturated carbocycles. The van der Waals surface area contributed by atoms with Crippen molar-refractivity contribution in [2.45, 2.75) is 50.5 Å². The van der Waals surface area contributed by atoms with Gasteiger partial charge in [-0.25, -0.2) is 0 Å². The fourth-order valence-electron chi connectivity index (χ4n) is 3.40. The van der Waals surface area contributed by atoms with Crippen molar-refractivity contribution in [1.82, 2.24) is 4.90 Å². The molecular weight excluding hydrogens is 250 g/mol. The highest BCUT2D eigenvalue weighted by Gasteiger charge is 2.33. The SMILES string of the molecule is O=C(CC1CCCc2ccccc21)N(CCO)C1CC1. The summed E-state index contributed by atoms with van der Waals surface area (Å²) >= 11 is 0. The number of carbonyl (C=O) groups is 1. The Morgan fingerprint density at radius 2 is 2.05 bits per heavy atom. The van der Waals surface area contributed by atoms with Gasteiger partial charge in [0.25, 0.3) is 0 Å². The van der Waals surface area contributed by atoms with Crippen molar-refractivity contribution in [3.8, 4) is 0 Å². The molecule has 0 heterocycles. The third kappa shape index (κ3) is 2.88. The molecule has 0 saturated heterocycles. The van der Waals surface area contributed by atoms with E-state index in [1.165, 1.54) is 17.5 Å². The van der Waals surface area contributed by atoms with Gasteiger partial charge in [-0.1, -0.05) is 24.3 Å². The molecule has 3 rings (SSSR count). The van der Waals surface area contributed by atoms with Crippen LogP contribution in [-0.4, -0.2) is 35.1 Å². The molecule has 108 valence electrons. The maximum Gasteiger partial charge on any atom is 0.223 e. The van der Waals surface area contributed by atoms with E-state index in [1.54, 1.807) is 0 Å². The standard InChI is InChI=1S/C17H23NO2/c19-11-10-18(15-8-9-15)17(20)12-14-6-3-5-13-4-1-2-7-16(13)14/h1-2,4,7,14-15,19H,3,5-6,8-12H2. The molecule has 3 heteroatoms. The number of aryl methyl sites for hydroxylation is 1. The van der Waals surface area contributed by atoms with Crippen LogP contribution < -0.4 is 0 Å². The van der Waals surface area contributed by atoms with E-state index in [9.17, 15) is 4.79 Å². The van der Waals surface area contributed by atoms with Gasteiger partial charge in [0, 0.05) is 19.0 Å². The highest BCUT2D eigenvalue weighted by molar-refractivity contribution is 5.78. The first-order chi connectivity index (χ1) is 9.79. The van der Waals surface area contributed by atoms with E-state index in [0.29, 0.717) is 24.9 Å². The van der Waals surface area contributed by atoms with Gasteiger partial charge in [0.15, 0.2) is 0 Å². The predicted molar refractivity (Wildman–Crippen MR) is 78.6 cm³/mol. The summed E-state index contributed by atoms with van der Waals surface area (Å²) in [5, 5.41) is 9.13. The fraction of sp³-hybridized carbons (Fsp3) is 0.588. The van der Waals surface area contributed by atoms with Crippen molar-refractivity contribution < 1.29 is 9.90 Å². The minimum atomic E-state index is 0.0729. The van der Waals surface area contributed by atoms with Crippen molar-refractivity contribution in [2.24, 2.45) is 0 Å². The molecule has 2 aliphatic carbocycles. The predicted octanol–water partition coefficient (Wildman–Crippen LogP) is 2.48. The van der Waals surface area contributed by atoms with Gasteiger partial charge in [-0.15, -0.1) is 0 Å². The Balaban J connectivity index is 1.70. The molecule has 1 atom stereocenters. The molecule has 20 heavy (non-hydrogen) atoms. The van der Waals surface area contributed by atoms with E-state index in [2.05, 4.69) is 24.3 Å². The number of fused-ring (bicyclic) bond motifs is 1. The van der Waals surface area contributed by atoms with Crippen LogP contribution in [0.1, 0.15) is 49.1 Å². The number of hydrogen-bond acceptors (Lipinski definition) is 2. The summed E-state index contributed by atoms with van der Waals surface area (Å²) in [6.45, 7) is 0.571. The highest BCUT2D eigenvalue weighted by Crippen LogP contribution is 2.35. The van der Waals surface area contributed by atoms with E-state index in [-0.39, 0.29) is 12.5 Å². The third-order valence-corrected chi connectivity index (χ3v) is 4.56. The number of carbonyl (C=O) groups excluding carboxylic acids is 1. The number of amides is 1. The Bertz CT molecular complexity index is 482. The highest BCUT2D eigenvalue weighted by atomic mass is 16.3. The van der Waals surface area contributed by atoms with Crippen LogP contribution >= 0.6 is 0 Å². The number of hydrogen-bond donors (Lipinski definition) is 1. The second kappa shape index (κ2) is 5.96. The molecule has 0 spiro atoms. The summed E-state index contributed by atoms with van der Waals surface area (Å²) in [7, 11) is 0. The summed E-state index contributed by atoms with van der Waals surface area (Å²) in [5.41, 5.74) is 2.78. The van der Waals surface area contributed by atoms with Crippen molar-refractivity contribution in [1.29, 1.82) is 0 Å².